The molecule has 0 spiro atoms. The number of ether oxygens (including phenoxy) is 1. The van der Waals surface area contributed by atoms with E-state index >= 15 is 0 Å². The van der Waals surface area contributed by atoms with Crippen LogP contribution in [-0.4, -0.2) is 46.0 Å². The second-order valence-electron chi connectivity index (χ2n) is 6.02. The number of nitrogens with one attached hydrogen (secondary N) is 1. The highest BCUT2D eigenvalue weighted by Crippen LogP contribution is 2.35. The molecule has 2 aromatic rings. The highest BCUT2D eigenvalue weighted by molar-refractivity contribution is 5.90. The van der Waals surface area contributed by atoms with Crippen molar-refractivity contribution in [3.05, 3.63) is 29.2 Å². The fraction of sp³-hybridized carbons (Fsp3) is 0.438. The molecule has 2 aliphatic rings. The number of fused-ring (bicyclic) bond motifs is 1. The summed E-state index contributed by atoms with van der Waals surface area (Å²) in [6.45, 7) is 4.35. The number of aromatic amines is 1. The molecule has 3 N–H and O–H groups in total. The summed E-state index contributed by atoms with van der Waals surface area (Å²) >= 11 is 0. The first kappa shape index (κ1) is 14.2. The number of H-pyrrole nitrogens is 1. The summed E-state index contributed by atoms with van der Waals surface area (Å²) in [7, 11) is 0. The number of hydrogen-bond acceptors (Lipinski definition) is 6. The van der Waals surface area contributed by atoms with Crippen LogP contribution in [-0.2, 0) is 4.74 Å². The van der Waals surface area contributed by atoms with E-state index in [4.69, 9.17) is 10.5 Å². The first-order chi connectivity index (χ1) is 11.2. The third kappa shape index (κ3) is 2.57. The van der Waals surface area contributed by atoms with E-state index < -0.39 is 0 Å². The average molecular weight is 312 g/mol. The van der Waals surface area contributed by atoms with Crippen molar-refractivity contribution >= 4 is 23.4 Å². The Bertz CT molecular complexity index is 733. The fourth-order valence-electron chi connectivity index (χ4n) is 3.35. The zero-order valence-corrected chi connectivity index (χ0v) is 13.1. The number of aromatic nitrogens is 4. The van der Waals surface area contributed by atoms with Gasteiger partial charge in [0, 0.05) is 37.6 Å². The third-order valence-corrected chi connectivity index (χ3v) is 4.54. The van der Waals surface area contributed by atoms with Crippen molar-refractivity contribution < 1.29 is 4.74 Å². The second kappa shape index (κ2) is 5.66. The summed E-state index contributed by atoms with van der Waals surface area (Å²) < 4.78 is 5.51. The van der Waals surface area contributed by atoms with Crippen LogP contribution >= 0.6 is 0 Å². The maximum absolute atomic E-state index is 5.89. The minimum atomic E-state index is 0.330. The molecule has 4 rings (SSSR count). The quantitative estimate of drug-likeness (QED) is 0.875. The average Bonchev–Trinajstić information content (AvgIpc) is 3.09. The first-order valence-electron chi connectivity index (χ1n) is 7.91. The van der Waals surface area contributed by atoms with Crippen molar-refractivity contribution in [2.75, 3.05) is 30.4 Å². The summed E-state index contributed by atoms with van der Waals surface area (Å²) in [5.74, 6) is 1.27. The van der Waals surface area contributed by atoms with E-state index in [0.29, 0.717) is 12.0 Å². The van der Waals surface area contributed by atoms with E-state index in [1.165, 1.54) is 5.57 Å². The lowest BCUT2D eigenvalue weighted by atomic mass is 9.98. The van der Waals surface area contributed by atoms with Gasteiger partial charge in [0.1, 0.15) is 5.82 Å². The molecule has 120 valence electrons. The Morgan fingerprint density at radius 2 is 2.13 bits per heavy atom. The number of nitrogens with zero attached hydrogens (tertiary/aromatic N) is 4. The van der Waals surface area contributed by atoms with Gasteiger partial charge in [0.2, 0.25) is 5.95 Å². The van der Waals surface area contributed by atoms with Crippen molar-refractivity contribution in [1.82, 2.24) is 20.2 Å². The van der Waals surface area contributed by atoms with E-state index in [1.54, 1.807) is 6.20 Å². The molecule has 0 aliphatic carbocycles. The molecule has 0 amide bonds. The van der Waals surface area contributed by atoms with E-state index in [2.05, 4.69) is 31.1 Å². The second-order valence-corrected chi connectivity index (χ2v) is 6.02. The lowest BCUT2D eigenvalue weighted by Gasteiger charge is -2.38. The Morgan fingerprint density at radius 1 is 1.30 bits per heavy atom. The number of nitrogen functional groups attached to an aromatic ring is 1. The highest BCUT2D eigenvalue weighted by Gasteiger charge is 2.30. The molecule has 0 bridgehead atoms. The molecule has 7 heteroatoms. The molecule has 2 aliphatic heterocycles. The zero-order chi connectivity index (χ0) is 15.8. The molecule has 0 atom stereocenters. The molecule has 0 aromatic carbocycles. The highest BCUT2D eigenvalue weighted by atomic mass is 16.5. The van der Waals surface area contributed by atoms with Crippen LogP contribution in [0.1, 0.15) is 29.8 Å². The van der Waals surface area contributed by atoms with Crippen LogP contribution in [0.5, 0.6) is 0 Å². The summed E-state index contributed by atoms with van der Waals surface area (Å²) in [6, 6.07) is 2.40. The predicted octanol–water partition coefficient (Wildman–Crippen LogP) is 1.63. The topological polar surface area (TPSA) is 92.9 Å². The van der Waals surface area contributed by atoms with Crippen LogP contribution in [0.4, 0.5) is 11.8 Å². The Morgan fingerprint density at radius 3 is 2.87 bits per heavy atom. The Labute approximate surface area is 134 Å². The standard InChI is InChI=1S/C16H20N6O/c1-10-13-8-11(14-2-5-18-21-14)9-22(12-3-6-23-7-4-12)15(13)20-16(17)19-10/h2,5,8,12H,3-4,6-7,9H2,1H3,(H,18,21)(H2,17,19,20). The van der Waals surface area contributed by atoms with Crippen molar-refractivity contribution in [3.8, 4) is 0 Å². The molecule has 0 unspecified atom stereocenters. The number of anilines is 2. The molecule has 1 saturated heterocycles. The monoisotopic (exact) mass is 312 g/mol. The van der Waals surface area contributed by atoms with Crippen LogP contribution in [0.25, 0.3) is 11.6 Å². The zero-order valence-electron chi connectivity index (χ0n) is 13.1. The van der Waals surface area contributed by atoms with Gasteiger partial charge in [0.05, 0.1) is 11.4 Å². The normalized spacial score (nSPS) is 18.7. The number of rotatable bonds is 2. The van der Waals surface area contributed by atoms with Gasteiger partial charge < -0.3 is 15.4 Å². The van der Waals surface area contributed by atoms with Crippen LogP contribution in [0.15, 0.2) is 12.3 Å². The molecule has 0 radical (unpaired) electrons. The van der Waals surface area contributed by atoms with Gasteiger partial charge >= 0.3 is 0 Å². The molecular formula is C16H20N6O. The van der Waals surface area contributed by atoms with Gasteiger partial charge in [0.15, 0.2) is 0 Å². The summed E-state index contributed by atoms with van der Waals surface area (Å²) in [6.07, 6.45) is 5.92. The molecule has 2 aromatic heterocycles. The van der Waals surface area contributed by atoms with Crippen molar-refractivity contribution in [2.45, 2.75) is 25.8 Å². The number of hydrogen-bond donors (Lipinski definition) is 2. The summed E-state index contributed by atoms with van der Waals surface area (Å²) in [5.41, 5.74) is 10.1. The Hall–Kier alpha value is -2.41. The van der Waals surface area contributed by atoms with Gasteiger partial charge in [-0.25, -0.2) is 4.98 Å². The summed E-state index contributed by atoms with van der Waals surface area (Å²) in [4.78, 5) is 11.2. The Balaban J connectivity index is 1.80. The molecule has 4 heterocycles. The van der Waals surface area contributed by atoms with Crippen molar-refractivity contribution in [3.63, 3.8) is 0 Å². The van der Waals surface area contributed by atoms with Gasteiger partial charge in [-0.1, -0.05) is 0 Å². The molecular weight excluding hydrogens is 292 g/mol. The number of nitrogens with two attached hydrogens (primary N) is 1. The predicted molar refractivity (Wildman–Crippen MR) is 88.8 cm³/mol. The maximum atomic E-state index is 5.89. The van der Waals surface area contributed by atoms with Crippen molar-refractivity contribution in [2.24, 2.45) is 0 Å². The lowest BCUT2D eigenvalue weighted by molar-refractivity contribution is 0.0848. The smallest absolute Gasteiger partial charge is 0.222 e. The van der Waals surface area contributed by atoms with Crippen molar-refractivity contribution in [1.29, 1.82) is 0 Å². The first-order valence-corrected chi connectivity index (χ1v) is 7.91. The third-order valence-electron chi connectivity index (χ3n) is 4.54. The fourth-order valence-corrected chi connectivity index (χ4v) is 3.35. The van der Waals surface area contributed by atoms with E-state index in [0.717, 1.165) is 55.4 Å². The van der Waals surface area contributed by atoms with Gasteiger partial charge in [0.25, 0.3) is 0 Å². The Kier molecular flexibility index (Phi) is 3.49. The van der Waals surface area contributed by atoms with Crippen LogP contribution in [0, 0.1) is 6.92 Å². The molecule has 0 saturated carbocycles. The van der Waals surface area contributed by atoms with Crippen LogP contribution in [0.2, 0.25) is 0 Å². The van der Waals surface area contributed by atoms with Gasteiger partial charge in [-0.2, -0.15) is 10.1 Å². The van der Waals surface area contributed by atoms with Gasteiger partial charge in [-0.15, -0.1) is 0 Å². The van der Waals surface area contributed by atoms with E-state index in [-0.39, 0.29) is 0 Å². The lowest BCUT2D eigenvalue weighted by Crippen LogP contribution is -2.42. The van der Waals surface area contributed by atoms with Crippen LogP contribution in [0.3, 0.4) is 0 Å². The van der Waals surface area contributed by atoms with Gasteiger partial charge in [-0.3, -0.25) is 5.10 Å². The molecule has 1 fully saturated rings. The molecule has 23 heavy (non-hydrogen) atoms. The van der Waals surface area contributed by atoms with Gasteiger partial charge in [-0.05, 0) is 37.5 Å². The minimum Gasteiger partial charge on any atom is -0.381 e. The van der Waals surface area contributed by atoms with E-state index in [9.17, 15) is 0 Å². The SMILES string of the molecule is Cc1nc(N)nc2c1C=C(c1ccn[nH]1)CN2C1CCOCC1. The van der Waals surface area contributed by atoms with E-state index in [1.807, 2.05) is 13.0 Å². The summed E-state index contributed by atoms with van der Waals surface area (Å²) in [5, 5.41) is 7.13. The minimum absolute atomic E-state index is 0.330. The number of aryl methyl sites for hydroxylation is 1. The largest absolute Gasteiger partial charge is 0.381 e. The van der Waals surface area contributed by atoms with Crippen LogP contribution < -0.4 is 10.6 Å². The molecule has 7 nitrogen and oxygen atoms in total. The maximum Gasteiger partial charge on any atom is 0.222 e.